The van der Waals surface area contributed by atoms with Gasteiger partial charge in [-0.15, -0.1) is 0 Å². The Morgan fingerprint density at radius 3 is 2.73 bits per heavy atom. The molecule has 1 aromatic carbocycles. The third-order valence-corrected chi connectivity index (χ3v) is 4.91. The monoisotopic (exact) mass is 300 g/mol. The molecular formula is C19H28N2O. The molecule has 1 aromatic rings. The van der Waals surface area contributed by atoms with Gasteiger partial charge in [-0.3, -0.25) is 9.80 Å². The van der Waals surface area contributed by atoms with Crippen molar-refractivity contribution in [2.45, 2.75) is 45.3 Å². The van der Waals surface area contributed by atoms with Crippen molar-refractivity contribution in [3.8, 4) is 5.75 Å². The van der Waals surface area contributed by atoms with Crippen molar-refractivity contribution in [3.05, 3.63) is 41.5 Å². The summed E-state index contributed by atoms with van der Waals surface area (Å²) in [4.78, 5) is 5.08. The van der Waals surface area contributed by atoms with E-state index in [0.717, 1.165) is 25.4 Å². The molecule has 2 heterocycles. The van der Waals surface area contributed by atoms with Crippen LogP contribution in [0.3, 0.4) is 0 Å². The van der Waals surface area contributed by atoms with Crippen molar-refractivity contribution in [2.75, 3.05) is 26.7 Å². The Morgan fingerprint density at radius 1 is 1.18 bits per heavy atom. The first-order valence-corrected chi connectivity index (χ1v) is 8.59. The van der Waals surface area contributed by atoms with Crippen molar-refractivity contribution < 1.29 is 4.74 Å². The average molecular weight is 300 g/mol. The quantitative estimate of drug-likeness (QED) is 0.749. The van der Waals surface area contributed by atoms with Crippen LogP contribution >= 0.6 is 0 Å². The third kappa shape index (κ3) is 3.53. The predicted molar refractivity (Wildman–Crippen MR) is 91.1 cm³/mol. The van der Waals surface area contributed by atoms with E-state index in [0.29, 0.717) is 6.04 Å². The fourth-order valence-electron chi connectivity index (χ4n) is 3.66. The molecule has 1 unspecified atom stereocenters. The minimum Gasteiger partial charge on any atom is -0.496 e. The Bertz CT molecular complexity index is 520. The van der Waals surface area contributed by atoms with Gasteiger partial charge in [0.25, 0.3) is 0 Å². The summed E-state index contributed by atoms with van der Waals surface area (Å²) in [5.41, 5.74) is 2.74. The fraction of sp³-hybridized carbons (Fsp3) is 0.579. The molecule has 3 heteroatoms. The highest BCUT2D eigenvalue weighted by Crippen LogP contribution is 2.25. The summed E-state index contributed by atoms with van der Waals surface area (Å²) in [5, 5.41) is 0. The summed E-state index contributed by atoms with van der Waals surface area (Å²) in [6.45, 7) is 7.84. The van der Waals surface area contributed by atoms with Gasteiger partial charge in [0.15, 0.2) is 0 Å². The van der Waals surface area contributed by atoms with Crippen LogP contribution in [0.1, 0.15) is 37.3 Å². The highest BCUT2D eigenvalue weighted by atomic mass is 16.5. The molecule has 1 atom stereocenters. The molecule has 0 saturated carbocycles. The second-order valence-electron chi connectivity index (χ2n) is 6.46. The first-order chi connectivity index (χ1) is 10.8. The van der Waals surface area contributed by atoms with E-state index in [9.17, 15) is 0 Å². The highest BCUT2D eigenvalue weighted by Gasteiger charge is 2.19. The second-order valence-corrected chi connectivity index (χ2v) is 6.46. The van der Waals surface area contributed by atoms with Gasteiger partial charge in [0.2, 0.25) is 0 Å². The lowest BCUT2D eigenvalue weighted by molar-refractivity contribution is 0.258. The number of methoxy groups -OCH3 is 1. The van der Waals surface area contributed by atoms with E-state index < -0.39 is 0 Å². The topological polar surface area (TPSA) is 15.7 Å². The highest BCUT2D eigenvalue weighted by molar-refractivity contribution is 5.37. The average Bonchev–Trinajstić information content (AvgIpc) is 3.19. The molecule has 0 radical (unpaired) electrons. The molecule has 3 rings (SSSR count). The van der Waals surface area contributed by atoms with Gasteiger partial charge in [0.05, 0.1) is 7.11 Å². The molecule has 0 aromatic heterocycles. The van der Waals surface area contributed by atoms with Gasteiger partial charge in [0.1, 0.15) is 5.75 Å². The fourth-order valence-corrected chi connectivity index (χ4v) is 3.66. The number of hydrogen-bond donors (Lipinski definition) is 0. The maximum absolute atomic E-state index is 5.57. The molecule has 22 heavy (non-hydrogen) atoms. The molecule has 120 valence electrons. The van der Waals surface area contributed by atoms with Crippen molar-refractivity contribution in [3.63, 3.8) is 0 Å². The van der Waals surface area contributed by atoms with Gasteiger partial charge in [0, 0.05) is 31.2 Å². The Labute approximate surface area is 134 Å². The van der Waals surface area contributed by atoms with E-state index in [1.54, 1.807) is 7.11 Å². The standard InChI is InChI=1S/C19H28N2O/c1-3-18-7-6-12-21(18)14-16-8-9-19(22-2)17(13-16)15-20-10-4-5-11-20/h6-9,13,18H,3-5,10-12,14-15H2,1-2H3. The van der Waals surface area contributed by atoms with E-state index in [4.69, 9.17) is 4.74 Å². The van der Waals surface area contributed by atoms with Crippen LogP contribution < -0.4 is 4.74 Å². The summed E-state index contributed by atoms with van der Waals surface area (Å²) >= 11 is 0. The Hall–Kier alpha value is -1.32. The SMILES string of the molecule is CCC1C=CCN1Cc1ccc(OC)c(CN2CCCC2)c1. The second kappa shape index (κ2) is 7.30. The normalized spacial score (nSPS) is 22.5. The van der Waals surface area contributed by atoms with Gasteiger partial charge >= 0.3 is 0 Å². The van der Waals surface area contributed by atoms with Crippen molar-refractivity contribution in [2.24, 2.45) is 0 Å². The van der Waals surface area contributed by atoms with Crippen LogP contribution in [0.4, 0.5) is 0 Å². The van der Waals surface area contributed by atoms with Crippen molar-refractivity contribution >= 4 is 0 Å². The van der Waals surface area contributed by atoms with Crippen LogP contribution in [-0.4, -0.2) is 42.6 Å². The summed E-state index contributed by atoms with van der Waals surface area (Å²) in [6.07, 6.45) is 8.49. The molecule has 1 saturated heterocycles. The van der Waals surface area contributed by atoms with E-state index >= 15 is 0 Å². The van der Waals surface area contributed by atoms with E-state index in [1.165, 1.54) is 43.5 Å². The smallest absolute Gasteiger partial charge is 0.123 e. The molecule has 0 N–H and O–H groups in total. The third-order valence-electron chi connectivity index (χ3n) is 4.91. The van der Waals surface area contributed by atoms with Crippen LogP contribution in [-0.2, 0) is 13.1 Å². The van der Waals surface area contributed by atoms with E-state index in [1.807, 2.05) is 0 Å². The van der Waals surface area contributed by atoms with E-state index in [-0.39, 0.29) is 0 Å². The lowest BCUT2D eigenvalue weighted by Gasteiger charge is -2.24. The summed E-state index contributed by atoms with van der Waals surface area (Å²) < 4.78 is 5.57. The number of likely N-dealkylation sites (tertiary alicyclic amines) is 1. The molecule has 2 aliphatic heterocycles. The largest absolute Gasteiger partial charge is 0.496 e. The zero-order valence-corrected chi connectivity index (χ0v) is 13.9. The molecule has 0 amide bonds. The molecule has 3 nitrogen and oxygen atoms in total. The van der Waals surface area contributed by atoms with Crippen LogP contribution in [0.25, 0.3) is 0 Å². The van der Waals surface area contributed by atoms with Crippen LogP contribution in [0.15, 0.2) is 30.4 Å². The van der Waals surface area contributed by atoms with Gasteiger partial charge in [-0.05, 0) is 50.0 Å². The molecular weight excluding hydrogens is 272 g/mol. The summed E-state index contributed by atoms with van der Waals surface area (Å²) in [6, 6.07) is 7.31. The summed E-state index contributed by atoms with van der Waals surface area (Å²) in [7, 11) is 1.78. The number of nitrogens with zero attached hydrogens (tertiary/aromatic N) is 2. The van der Waals surface area contributed by atoms with Gasteiger partial charge in [-0.25, -0.2) is 0 Å². The number of benzene rings is 1. The first kappa shape index (κ1) is 15.6. The lowest BCUT2D eigenvalue weighted by atomic mass is 10.1. The maximum atomic E-state index is 5.57. The number of ether oxygens (including phenoxy) is 1. The summed E-state index contributed by atoms with van der Waals surface area (Å²) in [5.74, 6) is 1.03. The first-order valence-electron chi connectivity index (χ1n) is 8.59. The Kier molecular flexibility index (Phi) is 5.16. The minimum atomic E-state index is 0.601. The molecule has 2 aliphatic rings. The van der Waals surface area contributed by atoms with Crippen molar-refractivity contribution in [1.82, 2.24) is 9.80 Å². The molecule has 1 fully saturated rings. The van der Waals surface area contributed by atoms with Gasteiger partial charge < -0.3 is 4.74 Å². The maximum Gasteiger partial charge on any atom is 0.123 e. The van der Waals surface area contributed by atoms with Crippen LogP contribution in [0.2, 0.25) is 0 Å². The van der Waals surface area contributed by atoms with Gasteiger partial charge in [-0.1, -0.05) is 25.1 Å². The zero-order valence-electron chi connectivity index (χ0n) is 13.9. The molecule has 0 aliphatic carbocycles. The Balaban J connectivity index is 1.71. The predicted octanol–water partition coefficient (Wildman–Crippen LogP) is 3.44. The molecule has 0 spiro atoms. The zero-order chi connectivity index (χ0) is 15.4. The van der Waals surface area contributed by atoms with Crippen molar-refractivity contribution in [1.29, 1.82) is 0 Å². The van der Waals surface area contributed by atoms with Gasteiger partial charge in [-0.2, -0.15) is 0 Å². The van der Waals surface area contributed by atoms with Crippen LogP contribution in [0.5, 0.6) is 5.75 Å². The minimum absolute atomic E-state index is 0.601. The van der Waals surface area contributed by atoms with Crippen LogP contribution in [0, 0.1) is 0 Å². The number of hydrogen-bond acceptors (Lipinski definition) is 3. The number of rotatable bonds is 6. The Morgan fingerprint density at radius 2 is 2.00 bits per heavy atom. The van der Waals surface area contributed by atoms with E-state index in [2.05, 4.69) is 47.1 Å². The lowest BCUT2D eigenvalue weighted by Crippen LogP contribution is -2.29. The molecule has 0 bridgehead atoms.